The Kier molecular flexibility index (Phi) is 8.28. The lowest BCUT2D eigenvalue weighted by molar-refractivity contribution is 0.211. The van der Waals surface area contributed by atoms with E-state index in [1.54, 1.807) is 7.11 Å². The molecule has 0 saturated carbocycles. The zero-order chi connectivity index (χ0) is 15.5. The minimum Gasteiger partial charge on any atom is -0.383 e. The van der Waals surface area contributed by atoms with Crippen LogP contribution in [-0.2, 0) is 11.3 Å². The molecule has 21 heavy (non-hydrogen) atoms. The summed E-state index contributed by atoms with van der Waals surface area (Å²) in [7, 11) is 1.70. The van der Waals surface area contributed by atoms with E-state index in [4.69, 9.17) is 4.74 Å². The molecule has 1 aromatic carbocycles. The van der Waals surface area contributed by atoms with Crippen LogP contribution in [0.15, 0.2) is 29.3 Å². The van der Waals surface area contributed by atoms with Gasteiger partial charge in [0.1, 0.15) is 0 Å². The summed E-state index contributed by atoms with van der Waals surface area (Å²) in [6.45, 7) is 9.33. The smallest absolute Gasteiger partial charge is 0.191 e. The summed E-state index contributed by atoms with van der Waals surface area (Å²) in [4.78, 5) is 4.58. The van der Waals surface area contributed by atoms with Gasteiger partial charge < -0.3 is 20.7 Å². The second-order valence-electron chi connectivity index (χ2n) is 5.11. The Labute approximate surface area is 128 Å². The zero-order valence-corrected chi connectivity index (χ0v) is 13.6. The van der Waals surface area contributed by atoms with Crippen molar-refractivity contribution in [2.75, 3.05) is 32.1 Å². The first kappa shape index (κ1) is 17.3. The third kappa shape index (κ3) is 7.56. The highest BCUT2D eigenvalue weighted by molar-refractivity contribution is 5.79. The summed E-state index contributed by atoms with van der Waals surface area (Å²) in [5, 5.41) is 9.85. The van der Waals surface area contributed by atoms with Crippen molar-refractivity contribution in [2.45, 2.75) is 33.4 Å². The average molecular weight is 292 g/mol. The fraction of sp³-hybridized carbons (Fsp3) is 0.562. The Bertz CT molecular complexity index is 415. The van der Waals surface area contributed by atoms with E-state index in [0.717, 1.165) is 24.7 Å². The number of aliphatic imine (C=N–C) groups is 1. The number of hydrogen-bond donors (Lipinski definition) is 3. The van der Waals surface area contributed by atoms with Crippen LogP contribution >= 0.6 is 0 Å². The monoisotopic (exact) mass is 292 g/mol. The number of anilines is 1. The minimum atomic E-state index is 0.371. The number of nitrogens with zero attached hydrogens (tertiary/aromatic N) is 1. The number of hydrogen-bond acceptors (Lipinski definition) is 3. The van der Waals surface area contributed by atoms with Gasteiger partial charge in [-0.2, -0.15) is 0 Å². The lowest BCUT2D eigenvalue weighted by Gasteiger charge is -2.14. The predicted octanol–water partition coefficient (Wildman–Crippen LogP) is 2.21. The van der Waals surface area contributed by atoms with E-state index >= 15 is 0 Å². The van der Waals surface area contributed by atoms with Crippen LogP contribution in [0.1, 0.15) is 26.3 Å². The van der Waals surface area contributed by atoms with Crippen LogP contribution in [0.5, 0.6) is 0 Å². The maximum Gasteiger partial charge on any atom is 0.191 e. The van der Waals surface area contributed by atoms with Crippen molar-refractivity contribution in [3.05, 3.63) is 29.8 Å². The summed E-state index contributed by atoms with van der Waals surface area (Å²) in [6.07, 6.45) is 0. The largest absolute Gasteiger partial charge is 0.383 e. The molecule has 0 aliphatic heterocycles. The normalized spacial score (nSPS) is 11.6. The molecule has 1 aromatic rings. The first-order valence-corrected chi connectivity index (χ1v) is 7.52. The van der Waals surface area contributed by atoms with Crippen molar-refractivity contribution < 1.29 is 4.74 Å². The highest BCUT2D eigenvalue weighted by atomic mass is 16.5. The van der Waals surface area contributed by atoms with E-state index in [-0.39, 0.29) is 0 Å². The molecule has 5 nitrogen and oxygen atoms in total. The maximum atomic E-state index is 5.01. The van der Waals surface area contributed by atoms with Gasteiger partial charge in [0.2, 0.25) is 0 Å². The van der Waals surface area contributed by atoms with Crippen LogP contribution in [0, 0.1) is 0 Å². The second-order valence-corrected chi connectivity index (χ2v) is 5.11. The van der Waals surface area contributed by atoms with E-state index in [2.05, 4.69) is 66.0 Å². The lowest BCUT2D eigenvalue weighted by Crippen LogP contribution is -2.40. The fourth-order valence-electron chi connectivity index (χ4n) is 1.79. The van der Waals surface area contributed by atoms with Crippen molar-refractivity contribution in [3.8, 4) is 0 Å². The molecule has 0 aliphatic carbocycles. The molecule has 0 bridgehead atoms. The number of guanidine groups is 1. The van der Waals surface area contributed by atoms with Gasteiger partial charge in [0, 0.05) is 31.9 Å². The van der Waals surface area contributed by atoms with Gasteiger partial charge in [-0.3, -0.25) is 0 Å². The van der Waals surface area contributed by atoms with Crippen molar-refractivity contribution in [1.29, 1.82) is 0 Å². The molecule has 3 N–H and O–H groups in total. The quantitative estimate of drug-likeness (QED) is 0.391. The van der Waals surface area contributed by atoms with Crippen LogP contribution in [0.4, 0.5) is 5.69 Å². The van der Waals surface area contributed by atoms with Gasteiger partial charge in [-0.05, 0) is 38.5 Å². The molecule has 0 atom stereocenters. The van der Waals surface area contributed by atoms with Crippen LogP contribution in [0.25, 0.3) is 0 Å². The Balaban J connectivity index is 2.53. The topological polar surface area (TPSA) is 57.7 Å². The van der Waals surface area contributed by atoms with Gasteiger partial charge in [0.25, 0.3) is 0 Å². The number of rotatable bonds is 8. The Morgan fingerprint density at radius 1 is 1.24 bits per heavy atom. The summed E-state index contributed by atoms with van der Waals surface area (Å²) >= 11 is 0. The average Bonchev–Trinajstić information content (AvgIpc) is 2.46. The molecular weight excluding hydrogens is 264 g/mol. The van der Waals surface area contributed by atoms with Gasteiger partial charge in [0.15, 0.2) is 5.96 Å². The summed E-state index contributed by atoms with van der Waals surface area (Å²) < 4.78 is 5.01. The molecular formula is C16H28N4O. The number of methoxy groups -OCH3 is 1. The van der Waals surface area contributed by atoms with Gasteiger partial charge in [-0.25, -0.2) is 4.99 Å². The Hall–Kier alpha value is -1.75. The lowest BCUT2D eigenvalue weighted by atomic mass is 10.2. The molecule has 0 radical (unpaired) electrons. The minimum absolute atomic E-state index is 0.371. The molecule has 0 heterocycles. The van der Waals surface area contributed by atoms with Crippen molar-refractivity contribution >= 4 is 11.6 Å². The third-order valence-electron chi connectivity index (χ3n) is 2.78. The Morgan fingerprint density at radius 2 is 1.95 bits per heavy atom. The van der Waals surface area contributed by atoms with Gasteiger partial charge in [0.05, 0.1) is 13.2 Å². The number of benzene rings is 1. The molecule has 0 saturated heterocycles. The van der Waals surface area contributed by atoms with E-state index in [9.17, 15) is 0 Å². The molecule has 1 rings (SSSR count). The predicted molar refractivity (Wildman–Crippen MR) is 89.9 cm³/mol. The molecule has 0 aliphatic rings. The molecule has 0 amide bonds. The molecule has 0 spiro atoms. The molecule has 0 fully saturated rings. The van der Waals surface area contributed by atoms with E-state index < -0.39 is 0 Å². The first-order chi connectivity index (χ1) is 10.2. The second kappa shape index (κ2) is 10.0. The molecule has 118 valence electrons. The summed E-state index contributed by atoms with van der Waals surface area (Å²) in [6, 6.07) is 8.71. The van der Waals surface area contributed by atoms with Crippen molar-refractivity contribution in [1.82, 2.24) is 10.6 Å². The standard InChI is InChI=1S/C16H28N4O/c1-5-17-16(20-13(2)3)19-12-14-6-8-15(9-7-14)18-10-11-21-4/h6-9,13,18H,5,10-12H2,1-4H3,(H2,17,19,20). The molecule has 0 aromatic heterocycles. The van der Waals surface area contributed by atoms with Gasteiger partial charge in [-0.15, -0.1) is 0 Å². The van der Waals surface area contributed by atoms with E-state index in [1.807, 2.05) is 0 Å². The highest BCUT2D eigenvalue weighted by Crippen LogP contribution is 2.10. The Morgan fingerprint density at radius 3 is 2.52 bits per heavy atom. The van der Waals surface area contributed by atoms with Crippen LogP contribution in [-0.4, -0.2) is 38.8 Å². The fourth-order valence-corrected chi connectivity index (χ4v) is 1.79. The van der Waals surface area contributed by atoms with Gasteiger partial charge >= 0.3 is 0 Å². The molecule has 0 unspecified atom stereocenters. The highest BCUT2D eigenvalue weighted by Gasteiger charge is 2.00. The van der Waals surface area contributed by atoms with Crippen LogP contribution in [0.3, 0.4) is 0 Å². The summed E-state index contributed by atoms with van der Waals surface area (Å²) in [5.41, 5.74) is 2.29. The van der Waals surface area contributed by atoms with Gasteiger partial charge in [-0.1, -0.05) is 12.1 Å². The number of nitrogens with one attached hydrogen (secondary N) is 3. The SMILES string of the molecule is CCNC(=NCc1ccc(NCCOC)cc1)NC(C)C. The first-order valence-electron chi connectivity index (χ1n) is 7.52. The third-order valence-corrected chi connectivity index (χ3v) is 2.78. The van der Waals surface area contributed by atoms with Crippen LogP contribution in [0.2, 0.25) is 0 Å². The number of ether oxygens (including phenoxy) is 1. The van der Waals surface area contributed by atoms with E-state index in [0.29, 0.717) is 19.2 Å². The van der Waals surface area contributed by atoms with Crippen LogP contribution < -0.4 is 16.0 Å². The van der Waals surface area contributed by atoms with E-state index in [1.165, 1.54) is 5.56 Å². The van der Waals surface area contributed by atoms with Crippen molar-refractivity contribution in [2.24, 2.45) is 4.99 Å². The van der Waals surface area contributed by atoms with Crippen molar-refractivity contribution in [3.63, 3.8) is 0 Å². The maximum absolute atomic E-state index is 5.01. The summed E-state index contributed by atoms with van der Waals surface area (Å²) in [5.74, 6) is 0.856. The zero-order valence-electron chi connectivity index (χ0n) is 13.6. The molecule has 5 heteroatoms.